The van der Waals surface area contributed by atoms with E-state index in [0.29, 0.717) is 24.5 Å². The van der Waals surface area contributed by atoms with Gasteiger partial charge in [0.1, 0.15) is 5.82 Å². The van der Waals surface area contributed by atoms with Crippen molar-refractivity contribution in [3.05, 3.63) is 82.9 Å². The Morgan fingerprint density at radius 1 is 1.03 bits per heavy atom. The van der Waals surface area contributed by atoms with Crippen molar-refractivity contribution in [1.29, 1.82) is 0 Å². The molecule has 0 N–H and O–H groups in total. The van der Waals surface area contributed by atoms with Crippen LogP contribution in [0.25, 0.3) is 5.69 Å². The van der Waals surface area contributed by atoms with Crippen LogP contribution in [0.5, 0.6) is 0 Å². The summed E-state index contributed by atoms with van der Waals surface area (Å²) >= 11 is 6.34. The van der Waals surface area contributed by atoms with Gasteiger partial charge in [0.2, 0.25) is 0 Å². The molecule has 0 aliphatic carbocycles. The normalized spacial score (nSPS) is 16.0. The van der Waals surface area contributed by atoms with Gasteiger partial charge in [-0.05, 0) is 48.9 Å². The van der Waals surface area contributed by atoms with E-state index in [4.69, 9.17) is 11.6 Å². The number of benzene rings is 2. The van der Waals surface area contributed by atoms with E-state index in [1.807, 2.05) is 29.2 Å². The number of carbonyl (C=O) groups excluding carboxylic acids is 1. The van der Waals surface area contributed by atoms with Crippen molar-refractivity contribution >= 4 is 17.5 Å². The van der Waals surface area contributed by atoms with Gasteiger partial charge in [0, 0.05) is 43.4 Å². The molecule has 1 aliphatic rings. The van der Waals surface area contributed by atoms with Crippen molar-refractivity contribution in [2.45, 2.75) is 13.0 Å². The van der Waals surface area contributed by atoms with Crippen LogP contribution in [0, 0.1) is 5.82 Å². The fourth-order valence-corrected chi connectivity index (χ4v) is 3.95. The van der Waals surface area contributed by atoms with E-state index in [-0.39, 0.29) is 17.8 Å². The molecule has 0 saturated carbocycles. The van der Waals surface area contributed by atoms with E-state index >= 15 is 0 Å². The fraction of sp³-hybridized carbons (Fsp3) is 0.273. The minimum Gasteiger partial charge on any atom is -0.335 e. The van der Waals surface area contributed by atoms with Crippen molar-refractivity contribution in [2.24, 2.45) is 0 Å². The van der Waals surface area contributed by atoms with E-state index in [2.05, 4.69) is 16.9 Å². The molecule has 29 heavy (non-hydrogen) atoms. The van der Waals surface area contributed by atoms with Gasteiger partial charge in [0.05, 0.1) is 5.69 Å². The van der Waals surface area contributed by atoms with Crippen molar-refractivity contribution in [2.75, 3.05) is 26.2 Å². The lowest BCUT2D eigenvalue weighted by atomic mass is 10.1. The van der Waals surface area contributed by atoms with Crippen LogP contribution in [0.1, 0.15) is 29.0 Å². The summed E-state index contributed by atoms with van der Waals surface area (Å²) in [4.78, 5) is 17.0. The number of hydrogen-bond donors (Lipinski definition) is 0. The van der Waals surface area contributed by atoms with Crippen molar-refractivity contribution < 1.29 is 9.18 Å². The molecule has 0 bridgehead atoms. The third-order valence-electron chi connectivity index (χ3n) is 5.40. The van der Waals surface area contributed by atoms with Gasteiger partial charge in [-0.2, -0.15) is 5.10 Å². The average molecular weight is 413 g/mol. The van der Waals surface area contributed by atoms with E-state index in [9.17, 15) is 9.18 Å². The highest BCUT2D eigenvalue weighted by molar-refractivity contribution is 6.31. The van der Waals surface area contributed by atoms with Gasteiger partial charge in [-0.25, -0.2) is 9.07 Å². The van der Waals surface area contributed by atoms with Crippen molar-refractivity contribution in [3.8, 4) is 5.69 Å². The summed E-state index contributed by atoms with van der Waals surface area (Å²) in [6.07, 6.45) is 1.72. The second kappa shape index (κ2) is 8.35. The summed E-state index contributed by atoms with van der Waals surface area (Å²) < 4.78 is 14.7. The van der Waals surface area contributed by atoms with Gasteiger partial charge < -0.3 is 4.90 Å². The Bertz CT molecular complexity index is 996. The Labute approximate surface area is 174 Å². The number of aromatic nitrogens is 2. The number of halogens is 2. The van der Waals surface area contributed by atoms with Crippen LogP contribution in [0.3, 0.4) is 0 Å². The highest BCUT2D eigenvalue weighted by Crippen LogP contribution is 2.28. The van der Waals surface area contributed by atoms with Crippen LogP contribution in [-0.2, 0) is 0 Å². The van der Waals surface area contributed by atoms with E-state index < -0.39 is 0 Å². The first-order valence-electron chi connectivity index (χ1n) is 9.62. The minimum atomic E-state index is -0.305. The van der Waals surface area contributed by atoms with Crippen molar-refractivity contribution in [1.82, 2.24) is 19.6 Å². The number of piperazine rings is 1. The Kier molecular flexibility index (Phi) is 5.65. The van der Waals surface area contributed by atoms with Gasteiger partial charge in [-0.3, -0.25) is 9.69 Å². The van der Waals surface area contributed by atoms with Gasteiger partial charge >= 0.3 is 0 Å². The second-order valence-electron chi connectivity index (χ2n) is 7.15. The molecule has 1 aromatic heterocycles. The predicted molar refractivity (Wildman–Crippen MR) is 111 cm³/mol. The molecule has 2 aromatic carbocycles. The van der Waals surface area contributed by atoms with Crippen LogP contribution in [0.2, 0.25) is 5.02 Å². The molecule has 2 heterocycles. The number of amides is 1. The summed E-state index contributed by atoms with van der Waals surface area (Å²) in [6, 6.07) is 15.8. The molecule has 3 aromatic rings. The maximum atomic E-state index is 13.1. The first kappa shape index (κ1) is 19.6. The standard InChI is InChI=1S/C22H22ClFN4O/c1-16(19-4-2-3-5-20(19)23)26-12-14-27(15-13-26)22(29)21-10-11-28(25-21)18-8-6-17(24)7-9-18/h2-11,16H,12-15H2,1H3. The Morgan fingerprint density at radius 3 is 2.41 bits per heavy atom. The highest BCUT2D eigenvalue weighted by atomic mass is 35.5. The molecule has 150 valence electrons. The Balaban J connectivity index is 1.39. The largest absolute Gasteiger partial charge is 0.335 e. The maximum Gasteiger partial charge on any atom is 0.274 e. The molecule has 7 heteroatoms. The van der Waals surface area contributed by atoms with E-state index in [0.717, 1.165) is 23.7 Å². The second-order valence-corrected chi connectivity index (χ2v) is 7.55. The first-order chi connectivity index (χ1) is 14.0. The van der Waals surface area contributed by atoms with Crippen LogP contribution < -0.4 is 0 Å². The Hall–Kier alpha value is -2.70. The summed E-state index contributed by atoms with van der Waals surface area (Å²) in [5, 5.41) is 5.14. The number of rotatable bonds is 4. The molecule has 1 aliphatic heterocycles. The van der Waals surface area contributed by atoms with Gasteiger partial charge in [0.15, 0.2) is 5.69 Å². The quantitative estimate of drug-likeness (QED) is 0.645. The molecule has 0 spiro atoms. The zero-order valence-electron chi connectivity index (χ0n) is 16.1. The van der Waals surface area contributed by atoms with Crippen LogP contribution >= 0.6 is 11.6 Å². The molecular formula is C22H22ClFN4O. The summed E-state index contributed by atoms with van der Waals surface area (Å²) in [5.74, 6) is -0.392. The molecule has 1 atom stereocenters. The van der Waals surface area contributed by atoms with Crippen LogP contribution in [-0.4, -0.2) is 51.7 Å². The molecule has 1 saturated heterocycles. The van der Waals surface area contributed by atoms with E-state index in [1.165, 1.54) is 12.1 Å². The lowest BCUT2D eigenvalue weighted by Crippen LogP contribution is -2.49. The zero-order chi connectivity index (χ0) is 20.4. The third kappa shape index (κ3) is 4.18. The minimum absolute atomic E-state index is 0.0871. The number of carbonyl (C=O) groups is 1. The van der Waals surface area contributed by atoms with Crippen LogP contribution in [0.15, 0.2) is 60.8 Å². The lowest BCUT2D eigenvalue weighted by Gasteiger charge is -2.38. The van der Waals surface area contributed by atoms with Crippen molar-refractivity contribution in [3.63, 3.8) is 0 Å². The zero-order valence-corrected chi connectivity index (χ0v) is 16.9. The number of hydrogen-bond acceptors (Lipinski definition) is 3. The first-order valence-corrected chi connectivity index (χ1v) is 10.00. The average Bonchev–Trinajstić information content (AvgIpc) is 3.24. The maximum absolute atomic E-state index is 13.1. The lowest BCUT2D eigenvalue weighted by molar-refractivity contribution is 0.0576. The Morgan fingerprint density at radius 2 is 1.72 bits per heavy atom. The molecule has 1 amide bonds. The molecular weight excluding hydrogens is 391 g/mol. The van der Waals surface area contributed by atoms with Gasteiger partial charge in [0.25, 0.3) is 5.91 Å². The smallest absolute Gasteiger partial charge is 0.274 e. The molecule has 5 nitrogen and oxygen atoms in total. The van der Waals surface area contributed by atoms with Gasteiger partial charge in [-0.15, -0.1) is 0 Å². The van der Waals surface area contributed by atoms with E-state index in [1.54, 1.807) is 29.1 Å². The van der Waals surface area contributed by atoms with Crippen LogP contribution in [0.4, 0.5) is 4.39 Å². The van der Waals surface area contributed by atoms with Gasteiger partial charge in [-0.1, -0.05) is 29.8 Å². The SMILES string of the molecule is CC(c1ccccc1Cl)N1CCN(C(=O)c2ccn(-c3ccc(F)cc3)n2)CC1. The third-order valence-corrected chi connectivity index (χ3v) is 5.75. The highest BCUT2D eigenvalue weighted by Gasteiger charge is 2.27. The molecule has 4 rings (SSSR count). The molecule has 0 radical (unpaired) electrons. The fourth-order valence-electron chi connectivity index (χ4n) is 3.66. The summed E-state index contributed by atoms with van der Waals surface area (Å²) in [7, 11) is 0. The summed E-state index contributed by atoms with van der Waals surface area (Å²) in [5.41, 5.74) is 2.21. The predicted octanol–water partition coefficient (Wildman–Crippen LogP) is 4.18. The topological polar surface area (TPSA) is 41.4 Å². The number of nitrogens with zero attached hydrogens (tertiary/aromatic N) is 4. The molecule has 1 unspecified atom stereocenters. The summed E-state index contributed by atoms with van der Waals surface area (Å²) in [6.45, 7) is 4.96. The monoisotopic (exact) mass is 412 g/mol. The molecule has 1 fully saturated rings.